The average Bonchev–Trinajstić information content (AvgIpc) is 2.44. The number of nitrogens with two attached hydrogens (primary N) is 1. The highest BCUT2D eigenvalue weighted by Gasteiger charge is 2.02. The number of halogens is 1. The average molecular weight is 259 g/mol. The third-order valence-corrected chi connectivity index (χ3v) is 2.97. The Bertz CT molecular complexity index is 554. The minimum atomic E-state index is -0.274. The second kappa shape index (κ2) is 6.34. The van der Waals surface area contributed by atoms with Crippen LogP contribution in [0.4, 0.5) is 4.39 Å². The Morgan fingerprint density at radius 1 is 1.05 bits per heavy atom. The zero-order valence-electron chi connectivity index (χ0n) is 11.0. The molecule has 0 heterocycles. The van der Waals surface area contributed by atoms with Crippen LogP contribution in [0.15, 0.2) is 42.5 Å². The summed E-state index contributed by atoms with van der Waals surface area (Å²) in [6.07, 6.45) is 0.967. The monoisotopic (exact) mass is 259 g/mol. The van der Waals surface area contributed by atoms with Gasteiger partial charge in [-0.05, 0) is 47.4 Å². The van der Waals surface area contributed by atoms with Crippen molar-refractivity contribution in [2.45, 2.75) is 26.5 Å². The minimum Gasteiger partial charge on any atom is -0.489 e. The Morgan fingerprint density at radius 2 is 1.84 bits per heavy atom. The fourth-order valence-corrected chi connectivity index (χ4v) is 1.94. The van der Waals surface area contributed by atoms with Crippen LogP contribution in [-0.4, -0.2) is 0 Å². The van der Waals surface area contributed by atoms with Crippen molar-refractivity contribution in [1.82, 2.24) is 0 Å². The molecule has 2 N–H and O–H groups in total. The van der Waals surface area contributed by atoms with Gasteiger partial charge >= 0.3 is 0 Å². The minimum absolute atomic E-state index is 0.274. The van der Waals surface area contributed by atoms with Crippen LogP contribution < -0.4 is 10.5 Å². The maximum Gasteiger partial charge on any atom is 0.123 e. The van der Waals surface area contributed by atoms with Crippen molar-refractivity contribution >= 4 is 0 Å². The second-order valence-corrected chi connectivity index (χ2v) is 4.46. The van der Waals surface area contributed by atoms with Crippen molar-refractivity contribution in [2.75, 3.05) is 0 Å². The zero-order chi connectivity index (χ0) is 13.7. The Balaban J connectivity index is 2.07. The molecule has 0 saturated carbocycles. The van der Waals surface area contributed by atoms with Gasteiger partial charge in [-0.2, -0.15) is 0 Å². The number of aryl methyl sites for hydroxylation is 1. The molecule has 0 bridgehead atoms. The first-order valence-electron chi connectivity index (χ1n) is 6.41. The predicted octanol–water partition coefficient (Wildman–Crippen LogP) is 3.43. The van der Waals surface area contributed by atoms with E-state index in [4.69, 9.17) is 10.5 Å². The molecule has 19 heavy (non-hydrogen) atoms. The SMILES string of the molecule is CCc1cccc(OCc2cc(F)cc(CN)c2)c1. The van der Waals surface area contributed by atoms with E-state index in [1.165, 1.54) is 17.7 Å². The van der Waals surface area contributed by atoms with E-state index >= 15 is 0 Å². The van der Waals surface area contributed by atoms with Crippen LogP contribution in [0.25, 0.3) is 0 Å². The number of hydrogen-bond acceptors (Lipinski definition) is 2. The fourth-order valence-electron chi connectivity index (χ4n) is 1.94. The number of benzene rings is 2. The molecule has 0 aliphatic heterocycles. The van der Waals surface area contributed by atoms with E-state index in [9.17, 15) is 4.39 Å². The highest BCUT2D eigenvalue weighted by atomic mass is 19.1. The fraction of sp³-hybridized carbons (Fsp3) is 0.250. The Labute approximate surface area is 113 Å². The van der Waals surface area contributed by atoms with Crippen LogP contribution in [0.5, 0.6) is 5.75 Å². The molecular formula is C16H18FNO. The molecule has 2 aromatic carbocycles. The highest BCUT2D eigenvalue weighted by Crippen LogP contribution is 2.16. The molecule has 0 atom stereocenters. The summed E-state index contributed by atoms with van der Waals surface area (Å²) in [4.78, 5) is 0. The lowest BCUT2D eigenvalue weighted by molar-refractivity contribution is 0.305. The molecule has 2 nitrogen and oxygen atoms in total. The molecule has 0 saturated heterocycles. The summed E-state index contributed by atoms with van der Waals surface area (Å²) in [5.41, 5.74) is 8.32. The van der Waals surface area contributed by atoms with Crippen LogP contribution in [0, 0.1) is 5.82 Å². The van der Waals surface area contributed by atoms with E-state index < -0.39 is 0 Å². The number of ether oxygens (including phenoxy) is 1. The van der Waals surface area contributed by atoms with Gasteiger partial charge in [0.05, 0.1) is 0 Å². The smallest absolute Gasteiger partial charge is 0.123 e. The van der Waals surface area contributed by atoms with Crippen LogP contribution in [-0.2, 0) is 19.6 Å². The van der Waals surface area contributed by atoms with Gasteiger partial charge in [-0.3, -0.25) is 0 Å². The Hall–Kier alpha value is -1.87. The first-order valence-corrected chi connectivity index (χ1v) is 6.41. The molecule has 3 heteroatoms. The lowest BCUT2D eigenvalue weighted by Gasteiger charge is -2.09. The maximum atomic E-state index is 13.3. The van der Waals surface area contributed by atoms with Crippen molar-refractivity contribution in [3.8, 4) is 5.75 Å². The van der Waals surface area contributed by atoms with E-state index in [0.29, 0.717) is 13.2 Å². The summed E-state index contributed by atoms with van der Waals surface area (Å²) in [7, 11) is 0. The van der Waals surface area contributed by atoms with Gasteiger partial charge in [0, 0.05) is 6.54 Å². The number of rotatable bonds is 5. The quantitative estimate of drug-likeness (QED) is 0.893. The Morgan fingerprint density at radius 3 is 2.58 bits per heavy atom. The molecule has 0 aromatic heterocycles. The van der Waals surface area contributed by atoms with Gasteiger partial charge in [-0.25, -0.2) is 4.39 Å². The molecule has 2 rings (SSSR count). The van der Waals surface area contributed by atoms with Crippen LogP contribution in [0.3, 0.4) is 0 Å². The van der Waals surface area contributed by atoms with E-state index in [0.717, 1.165) is 23.3 Å². The zero-order valence-corrected chi connectivity index (χ0v) is 11.0. The van der Waals surface area contributed by atoms with Crippen LogP contribution in [0.1, 0.15) is 23.6 Å². The molecule has 0 aliphatic rings. The lowest BCUT2D eigenvalue weighted by Crippen LogP contribution is -2.01. The summed E-state index contributed by atoms with van der Waals surface area (Å²) in [6, 6.07) is 12.7. The van der Waals surface area contributed by atoms with E-state index in [2.05, 4.69) is 13.0 Å². The van der Waals surface area contributed by atoms with Gasteiger partial charge in [0.1, 0.15) is 18.2 Å². The standard InChI is InChI=1S/C16H18FNO/c1-2-12-4-3-5-16(9-12)19-11-14-6-13(10-18)7-15(17)8-14/h3-9H,2,10-11,18H2,1H3. The topological polar surface area (TPSA) is 35.2 Å². The Kier molecular flexibility index (Phi) is 4.53. The lowest BCUT2D eigenvalue weighted by atomic mass is 10.1. The highest BCUT2D eigenvalue weighted by molar-refractivity contribution is 5.29. The largest absolute Gasteiger partial charge is 0.489 e. The molecule has 0 amide bonds. The molecule has 0 fully saturated rings. The van der Waals surface area contributed by atoms with Crippen molar-refractivity contribution < 1.29 is 9.13 Å². The summed E-state index contributed by atoms with van der Waals surface area (Å²) in [5.74, 6) is 0.529. The first-order chi connectivity index (χ1) is 9.21. The van der Waals surface area contributed by atoms with Gasteiger partial charge < -0.3 is 10.5 Å². The summed E-state index contributed by atoms with van der Waals surface area (Å²) >= 11 is 0. The van der Waals surface area contributed by atoms with Gasteiger partial charge in [-0.15, -0.1) is 0 Å². The summed E-state index contributed by atoms with van der Waals surface area (Å²) in [5, 5.41) is 0. The van der Waals surface area contributed by atoms with Gasteiger partial charge in [0.25, 0.3) is 0 Å². The molecular weight excluding hydrogens is 241 g/mol. The molecule has 100 valence electrons. The molecule has 0 unspecified atom stereocenters. The predicted molar refractivity (Wildman–Crippen MR) is 74.4 cm³/mol. The van der Waals surface area contributed by atoms with Crippen LogP contribution in [0.2, 0.25) is 0 Å². The molecule has 0 aliphatic carbocycles. The summed E-state index contributed by atoms with van der Waals surface area (Å²) in [6.45, 7) is 2.77. The third-order valence-electron chi connectivity index (χ3n) is 2.97. The van der Waals surface area contributed by atoms with Crippen molar-refractivity contribution in [3.05, 3.63) is 65.0 Å². The normalized spacial score (nSPS) is 10.5. The molecule has 0 radical (unpaired) electrons. The summed E-state index contributed by atoms with van der Waals surface area (Å²) < 4.78 is 19.0. The van der Waals surface area contributed by atoms with Gasteiger partial charge in [0.15, 0.2) is 0 Å². The van der Waals surface area contributed by atoms with Crippen molar-refractivity contribution in [1.29, 1.82) is 0 Å². The second-order valence-electron chi connectivity index (χ2n) is 4.46. The van der Waals surface area contributed by atoms with Crippen molar-refractivity contribution in [3.63, 3.8) is 0 Å². The van der Waals surface area contributed by atoms with Crippen molar-refractivity contribution in [2.24, 2.45) is 5.73 Å². The first kappa shape index (κ1) is 13.6. The van der Waals surface area contributed by atoms with E-state index in [1.807, 2.05) is 24.3 Å². The van der Waals surface area contributed by atoms with Crippen LogP contribution >= 0.6 is 0 Å². The molecule has 0 spiro atoms. The van der Waals surface area contributed by atoms with Gasteiger partial charge in [0.2, 0.25) is 0 Å². The number of hydrogen-bond donors (Lipinski definition) is 1. The third kappa shape index (κ3) is 3.80. The van der Waals surface area contributed by atoms with Gasteiger partial charge in [-0.1, -0.05) is 25.1 Å². The maximum absolute atomic E-state index is 13.3. The molecule has 2 aromatic rings. The van der Waals surface area contributed by atoms with E-state index in [1.54, 1.807) is 0 Å². The van der Waals surface area contributed by atoms with E-state index in [-0.39, 0.29) is 5.82 Å².